The van der Waals surface area contributed by atoms with Crippen LogP contribution in [0.4, 0.5) is 4.39 Å². The van der Waals surface area contributed by atoms with Crippen LogP contribution in [0.15, 0.2) is 48.7 Å². The number of fused-ring (bicyclic) bond motifs is 2. The maximum Gasteiger partial charge on any atom is 0.142 e. The standard InChI is InChI=1S/C20H19FN2O/c1-13(18-3-2-4-20-19(18)10-16(21)11-22-20)23-8-7-14-9-17(24)6-5-15(14)12-23/h2-6,9-11,13,24H,7-8,12H2,1H3. The zero-order valence-corrected chi connectivity index (χ0v) is 13.5. The number of hydrogen-bond donors (Lipinski definition) is 1. The SMILES string of the molecule is CC(c1cccc2ncc(F)cc12)N1CCc2cc(O)ccc2C1. The lowest BCUT2D eigenvalue weighted by Crippen LogP contribution is -2.33. The Hall–Kier alpha value is -2.46. The molecule has 0 saturated carbocycles. The van der Waals surface area contributed by atoms with Gasteiger partial charge in [-0.2, -0.15) is 0 Å². The Kier molecular flexibility index (Phi) is 3.69. The molecule has 0 aliphatic carbocycles. The number of hydrogen-bond acceptors (Lipinski definition) is 3. The second-order valence-corrected chi connectivity index (χ2v) is 6.42. The summed E-state index contributed by atoms with van der Waals surface area (Å²) in [6, 6.07) is 13.3. The van der Waals surface area contributed by atoms with E-state index in [2.05, 4.69) is 22.9 Å². The van der Waals surface area contributed by atoms with E-state index in [1.165, 1.54) is 17.3 Å². The number of nitrogens with zero attached hydrogens (tertiary/aromatic N) is 2. The molecule has 1 aromatic heterocycles. The molecule has 0 bridgehead atoms. The fraction of sp³-hybridized carbons (Fsp3) is 0.250. The second kappa shape index (κ2) is 5.87. The van der Waals surface area contributed by atoms with Crippen molar-refractivity contribution in [2.24, 2.45) is 0 Å². The smallest absolute Gasteiger partial charge is 0.142 e. The Morgan fingerprint density at radius 1 is 1.17 bits per heavy atom. The van der Waals surface area contributed by atoms with Gasteiger partial charge < -0.3 is 5.11 Å². The van der Waals surface area contributed by atoms with Gasteiger partial charge in [0.25, 0.3) is 0 Å². The first kappa shape index (κ1) is 15.1. The average molecular weight is 322 g/mol. The summed E-state index contributed by atoms with van der Waals surface area (Å²) in [5.74, 6) is 0.0208. The minimum absolute atomic E-state index is 0.166. The molecule has 4 rings (SSSR count). The van der Waals surface area contributed by atoms with Gasteiger partial charge in [-0.3, -0.25) is 9.88 Å². The van der Waals surface area contributed by atoms with Gasteiger partial charge in [-0.1, -0.05) is 18.2 Å². The molecule has 2 aromatic carbocycles. The Balaban J connectivity index is 1.68. The van der Waals surface area contributed by atoms with Gasteiger partial charge in [0.15, 0.2) is 0 Å². The summed E-state index contributed by atoms with van der Waals surface area (Å²) in [5.41, 5.74) is 4.38. The molecule has 2 heterocycles. The van der Waals surface area contributed by atoms with Crippen LogP contribution in [0.1, 0.15) is 29.7 Å². The predicted molar refractivity (Wildman–Crippen MR) is 92.3 cm³/mol. The molecule has 1 unspecified atom stereocenters. The van der Waals surface area contributed by atoms with Crippen molar-refractivity contribution >= 4 is 10.9 Å². The van der Waals surface area contributed by atoms with E-state index in [0.29, 0.717) is 5.75 Å². The monoisotopic (exact) mass is 322 g/mol. The normalized spacial score (nSPS) is 16.1. The summed E-state index contributed by atoms with van der Waals surface area (Å²) in [6.07, 6.45) is 2.17. The van der Waals surface area contributed by atoms with E-state index in [1.807, 2.05) is 24.3 Å². The van der Waals surface area contributed by atoms with Crippen molar-refractivity contribution in [1.29, 1.82) is 0 Å². The molecule has 1 atom stereocenters. The van der Waals surface area contributed by atoms with E-state index < -0.39 is 0 Å². The van der Waals surface area contributed by atoms with Crippen molar-refractivity contribution in [3.63, 3.8) is 0 Å². The van der Waals surface area contributed by atoms with Gasteiger partial charge in [-0.25, -0.2) is 4.39 Å². The molecule has 24 heavy (non-hydrogen) atoms. The number of benzene rings is 2. The quantitative estimate of drug-likeness (QED) is 0.768. The van der Waals surface area contributed by atoms with Crippen molar-refractivity contribution in [1.82, 2.24) is 9.88 Å². The lowest BCUT2D eigenvalue weighted by atomic mass is 9.95. The van der Waals surface area contributed by atoms with Gasteiger partial charge in [0.1, 0.15) is 11.6 Å². The van der Waals surface area contributed by atoms with Crippen LogP contribution in [0.3, 0.4) is 0 Å². The van der Waals surface area contributed by atoms with Crippen LogP contribution < -0.4 is 0 Å². The molecular formula is C20H19FN2O. The van der Waals surface area contributed by atoms with Crippen LogP contribution in [-0.4, -0.2) is 21.5 Å². The molecule has 3 nitrogen and oxygen atoms in total. The van der Waals surface area contributed by atoms with E-state index in [0.717, 1.165) is 36.0 Å². The number of aromatic hydroxyl groups is 1. The Bertz CT molecular complexity index is 909. The van der Waals surface area contributed by atoms with Gasteiger partial charge in [0, 0.05) is 24.5 Å². The van der Waals surface area contributed by atoms with Crippen LogP contribution in [-0.2, 0) is 13.0 Å². The highest BCUT2D eigenvalue weighted by molar-refractivity contribution is 5.82. The van der Waals surface area contributed by atoms with Gasteiger partial charge in [-0.15, -0.1) is 0 Å². The predicted octanol–water partition coefficient (Wildman–Crippen LogP) is 4.20. The number of phenols is 1. The number of aromatic nitrogens is 1. The van der Waals surface area contributed by atoms with E-state index in [4.69, 9.17) is 0 Å². The van der Waals surface area contributed by atoms with Crippen molar-refractivity contribution < 1.29 is 9.50 Å². The summed E-state index contributed by atoms with van der Waals surface area (Å²) in [6.45, 7) is 3.90. The largest absolute Gasteiger partial charge is 0.508 e. The van der Waals surface area contributed by atoms with Crippen LogP contribution in [0.25, 0.3) is 10.9 Å². The fourth-order valence-electron chi connectivity index (χ4n) is 3.60. The molecule has 3 aromatic rings. The highest BCUT2D eigenvalue weighted by Crippen LogP contribution is 2.32. The van der Waals surface area contributed by atoms with E-state index >= 15 is 0 Å². The third-order valence-electron chi connectivity index (χ3n) is 4.96. The van der Waals surface area contributed by atoms with Gasteiger partial charge in [-0.05, 0) is 54.3 Å². The molecule has 0 spiro atoms. The van der Waals surface area contributed by atoms with Crippen LogP contribution in [0.2, 0.25) is 0 Å². The Morgan fingerprint density at radius 3 is 2.92 bits per heavy atom. The van der Waals surface area contributed by atoms with Crippen molar-refractivity contribution in [3.05, 3.63) is 71.2 Å². The fourth-order valence-corrected chi connectivity index (χ4v) is 3.60. The molecule has 122 valence electrons. The minimum atomic E-state index is -0.304. The van der Waals surface area contributed by atoms with Gasteiger partial charge >= 0.3 is 0 Å². The van der Waals surface area contributed by atoms with Crippen molar-refractivity contribution in [3.8, 4) is 5.75 Å². The number of phenolic OH excluding ortho intramolecular Hbond substituents is 1. The first-order chi connectivity index (χ1) is 11.6. The maximum absolute atomic E-state index is 13.7. The van der Waals surface area contributed by atoms with Crippen molar-refractivity contribution in [2.45, 2.75) is 25.9 Å². The third kappa shape index (κ3) is 2.63. The highest BCUT2D eigenvalue weighted by atomic mass is 19.1. The lowest BCUT2D eigenvalue weighted by Gasteiger charge is -2.34. The molecule has 1 aliphatic heterocycles. The minimum Gasteiger partial charge on any atom is -0.508 e. The first-order valence-corrected chi connectivity index (χ1v) is 8.21. The zero-order chi connectivity index (χ0) is 16.7. The summed E-state index contributed by atoms with van der Waals surface area (Å²) in [4.78, 5) is 6.58. The van der Waals surface area contributed by atoms with Gasteiger partial charge in [0.2, 0.25) is 0 Å². The Labute approximate surface area is 140 Å². The van der Waals surface area contributed by atoms with Crippen LogP contribution in [0, 0.1) is 5.82 Å². The zero-order valence-electron chi connectivity index (χ0n) is 13.5. The van der Waals surface area contributed by atoms with E-state index in [1.54, 1.807) is 12.1 Å². The topological polar surface area (TPSA) is 36.4 Å². The summed E-state index contributed by atoms with van der Waals surface area (Å²) in [5, 5.41) is 10.5. The second-order valence-electron chi connectivity index (χ2n) is 6.42. The van der Waals surface area contributed by atoms with Crippen molar-refractivity contribution in [2.75, 3.05) is 6.54 Å². The molecule has 0 radical (unpaired) electrons. The summed E-state index contributed by atoms with van der Waals surface area (Å²) >= 11 is 0. The average Bonchev–Trinajstić information content (AvgIpc) is 2.60. The first-order valence-electron chi connectivity index (χ1n) is 8.21. The molecule has 0 amide bonds. The number of rotatable bonds is 2. The lowest BCUT2D eigenvalue weighted by molar-refractivity contribution is 0.193. The molecule has 1 N–H and O–H groups in total. The summed E-state index contributed by atoms with van der Waals surface area (Å²) < 4.78 is 13.7. The number of pyridine rings is 1. The summed E-state index contributed by atoms with van der Waals surface area (Å²) in [7, 11) is 0. The maximum atomic E-state index is 13.7. The molecule has 4 heteroatoms. The van der Waals surface area contributed by atoms with Crippen LogP contribution >= 0.6 is 0 Å². The number of halogens is 1. The third-order valence-corrected chi connectivity index (χ3v) is 4.96. The Morgan fingerprint density at radius 2 is 2.04 bits per heavy atom. The van der Waals surface area contributed by atoms with E-state index in [9.17, 15) is 9.50 Å². The molecular weight excluding hydrogens is 303 g/mol. The van der Waals surface area contributed by atoms with Gasteiger partial charge in [0.05, 0.1) is 11.7 Å². The van der Waals surface area contributed by atoms with Crippen LogP contribution in [0.5, 0.6) is 5.75 Å². The molecule has 0 fully saturated rings. The molecule has 0 saturated heterocycles. The molecule has 1 aliphatic rings. The highest BCUT2D eigenvalue weighted by Gasteiger charge is 2.23. The van der Waals surface area contributed by atoms with E-state index in [-0.39, 0.29) is 11.9 Å².